The topological polar surface area (TPSA) is 29.5 Å². The highest BCUT2D eigenvalue weighted by atomic mass is 16.6. The first-order chi connectivity index (χ1) is 6.33. The quantitative estimate of drug-likeness (QED) is 0.579. The SMILES string of the molecule is OC1OCCC[B]C12CCCCC2. The number of ether oxygens (including phenoxy) is 1. The maximum Gasteiger partial charge on any atom is 0.152 e. The molecular formula is C10H18BO2. The molecule has 1 unspecified atom stereocenters. The van der Waals surface area contributed by atoms with Gasteiger partial charge in [-0.1, -0.05) is 38.4 Å². The highest BCUT2D eigenvalue weighted by molar-refractivity contribution is 6.40. The summed E-state index contributed by atoms with van der Waals surface area (Å²) in [5.41, 5.74) is 0. The average Bonchev–Trinajstić information content (AvgIpc) is 2.33. The van der Waals surface area contributed by atoms with E-state index in [1.165, 1.54) is 19.3 Å². The van der Waals surface area contributed by atoms with Crippen molar-refractivity contribution in [3.05, 3.63) is 0 Å². The zero-order chi connectivity index (χ0) is 9.15. The Labute approximate surface area is 80.9 Å². The van der Waals surface area contributed by atoms with Gasteiger partial charge in [-0.2, -0.15) is 0 Å². The molecule has 2 fully saturated rings. The zero-order valence-corrected chi connectivity index (χ0v) is 8.17. The van der Waals surface area contributed by atoms with Gasteiger partial charge in [0, 0.05) is 6.61 Å². The van der Waals surface area contributed by atoms with Crippen molar-refractivity contribution in [2.45, 2.75) is 56.4 Å². The van der Waals surface area contributed by atoms with Crippen LogP contribution in [0, 0.1) is 0 Å². The maximum absolute atomic E-state index is 9.91. The lowest BCUT2D eigenvalue weighted by Crippen LogP contribution is -2.35. The van der Waals surface area contributed by atoms with Gasteiger partial charge in [0.25, 0.3) is 0 Å². The molecule has 1 radical (unpaired) electrons. The van der Waals surface area contributed by atoms with Crippen LogP contribution in [0.4, 0.5) is 0 Å². The van der Waals surface area contributed by atoms with Crippen molar-refractivity contribution in [1.82, 2.24) is 0 Å². The number of hydrogen-bond acceptors (Lipinski definition) is 2. The van der Waals surface area contributed by atoms with Gasteiger partial charge in [-0.25, -0.2) is 0 Å². The van der Waals surface area contributed by atoms with Crippen molar-refractivity contribution >= 4 is 7.28 Å². The number of hydrogen-bond donors (Lipinski definition) is 1. The molecule has 1 spiro atoms. The second-order valence-electron chi connectivity index (χ2n) is 4.36. The van der Waals surface area contributed by atoms with Crippen molar-refractivity contribution in [3.8, 4) is 0 Å². The minimum atomic E-state index is -0.532. The number of aliphatic hydroxyl groups is 1. The Bertz CT molecular complexity index is 166. The third-order valence-electron chi connectivity index (χ3n) is 3.45. The van der Waals surface area contributed by atoms with E-state index in [-0.39, 0.29) is 5.31 Å². The summed E-state index contributed by atoms with van der Waals surface area (Å²) >= 11 is 0. The molecule has 3 heteroatoms. The molecule has 1 N–H and O–H groups in total. The van der Waals surface area contributed by atoms with Crippen molar-refractivity contribution < 1.29 is 9.84 Å². The lowest BCUT2D eigenvalue weighted by Gasteiger charge is -2.39. The van der Waals surface area contributed by atoms with E-state index in [0.29, 0.717) is 0 Å². The fourth-order valence-corrected chi connectivity index (χ4v) is 2.60. The lowest BCUT2D eigenvalue weighted by molar-refractivity contribution is -0.130. The van der Waals surface area contributed by atoms with Gasteiger partial charge < -0.3 is 9.84 Å². The fourth-order valence-electron chi connectivity index (χ4n) is 2.60. The molecule has 2 aliphatic rings. The fraction of sp³-hybridized carbons (Fsp3) is 1.00. The molecule has 2 nitrogen and oxygen atoms in total. The standard InChI is InChI=1S/C10H18BO2/c12-9-10(5-2-1-3-6-10)11-7-4-8-13-9/h9,12H,1-8H2. The van der Waals surface area contributed by atoms with Crippen LogP contribution in [-0.2, 0) is 4.74 Å². The Balaban J connectivity index is 2.06. The summed E-state index contributed by atoms with van der Waals surface area (Å²) in [4.78, 5) is 0. The van der Waals surface area contributed by atoms with Crippen LogP contribution < -0.4 is 0 Å². The van der Waals surface area contributed by atoms with E-state index in [0.717, 1.165) is 32.2 Å². The van der Waals surface area contributed by atoms with Gasteiger partial charge in [0.05, 0.1) is 0 Å². The summed E-state index contributed by atoms with van der Waals surface area (Å²) in [7, 11) is 2.32. The third kappa shape index (κ3) is 1.91. The summed E-state index contributed by atoms with van der Waals surface area (Å²) in [6.45, 7) is 0.722. The van der Waals surface area contributed by atoms with Crippen LogP contribution in [0.15, 0.2) is 0 Å². The first kappa shape index (κ1) is 9.54. The molecule has 73 valence electrons. The molecular weight excluding hydrogens is 163 g/mol. The predicted octanol–water partition coefficient (Wildman–Crippen LogP) is 1.97. The van der Waals surface area contributed by atoms with Crippen molar-refractivity contribution in [1.29, 1.82) is 0 Å². The highest BCUT2D eigenvalue weighted by Gasteiger charge is 2.40. The van der Waals surface area contributed by atoms with Crippen molar-refractivity contribution in [2.24, 2.45) is 0 Å². The second-order valence-corrected chi connectivity index (χ2v) is 4.36. The summed E-state index contributed by atoms with van der Waals surface area (Å²) in [5.74, 6) is 0. The van der Waals surface area contributed by atoms with Gasteiger partial charge in [0.15, 0.2) is 6.29 Å². The minimum Gasteiger partial charge on any atom is -0.368 e. The normalized spacial score (nSPS) is 33.8. The van der Waals surface area contributed by atoms with Crippen molar-refractivity contribution in [2.75, 3.05) is 6.61 Å². The van der Waals surface area contributed by atoms with E-state index in [9.17, 15) is 5.11 Å². The molecule has 13 heavy (non-hydrogen) atoms. The molecule has 1 atom stereocenters. The monoisotopic (exact) mass is 181 g/mol. The smallest absolute Gasteiger partial charge is 0.152 e. The average molecular weight is 181 g/mol. The van der Waals surface area contributed by atoms with Gasteiger partial charge in [-0.3, -0.25) is 0 Å². The van der Waals surface area contributed by atoms with Gasteiger partial charge in [-0.05, 0) is 11.7 Å². The van der Waals surface area contributed by atoms with Crippen LogP contribution in [0.3, 0.4) is 0 Å². The van der Waals surface area contributed by atoms with Crippen LogP contribution in [0.25, 0.3) is 0 Å². The van der Waals surface area contributed by atoms with Crippen molar-refractivity contribution in [3.63, 3.8) is 0 Å². The van der Waals surface area contributed by atoms with E-state index in [2.05, 4.69) is 7.28 Å². The summed E-state index contributed by atoms with van der Waals surface area (Å²) in [6, 6.07) is 0. The predicted molar refractivity (Wildman–Crippen MR) is 52.9 cm³/mol. The number of aliphatic hydroxyl groups excluding tert-OH is 1. The van der Waals surface area contributed by atoms with Crippen LogP contribution in [-0.4, -0.2) is 25.3 Å². The van der Waals surface area contributed by atoms with Crippen LogP contribution in [0.2, 0.25) is 11.6 Å². The van der Waals surface area contributed by atoms with E-state index in [1.54, 1.807) is 0 Å². The Morgan fingerprint density at radius 3 is 2.69 bits per heavy atom. The molecule has 0 amide bonds. The van der Waals surface area contributed by atoms with E-state index in [1.807, 2.05) is 0 Å². The van der Waals surface area contributed by atoms with Gasteiger partial charge in [-0.15, -0.1) is 0 Å². The summed E-state index contributed by atoms with van der Waals surface area (Å²) in [5, 5.41) is 9.92. The van der Waals surface area contributed by atoms with Gasteiger partial charge >= 0.3 is 0 Å². The molecule has 1 heterocycles. The zero-order valence-electron chi connectivity index (χ0n) is 8.17. The Hall–Kier alpha value is -0.0151. The molecule has 2 rings (SSSR count). The molecule has 1 saturated heterocycles. The molecule has 1 aliphatic carbocycles. The van der Waals surface area contributed by atoms with E-state index < -0.39 is 6.29 Å². The Kier molecular flexibility index (Phi) is 2.94. The highest BCUT2D eigenvalue weighted by Crippen LogP contribution is 2.47. The molecule has 0 aromatic rings. The van der Waals surface area contributed by atoms with E-state index in [4.69, 9.17) is 4.74 Å². The van der Waals surface area contributed by atoms with Gasteiger partial charge in [0.2, 0.25) is 0 Å². The largest absolute Gasteiger partial charge is 0.368 e. The number of rotatable bonds is 0. The van der Waals surface area contributed by atoms with E-state index >= 15 is 0 Å². The lowest BCUT2D eigenvalue weighted by atomic mass is 9.45. The molecule has 0 aromatic carbocycles. The van der Waals surface area contributed by atoms with Gasteiger partial charge in [0.1, 0.15) is 7.28 Å². The maximum atomic E-state index is 9.91. The van der Waals surface area contributed by atoms with Crippen LogP contribution in [0.1, 0.15) is 38.5 Å². The molecule has 1 saturated carbocycles. The Morgan fingerprint density at radius 2 is 1.92 bits per heavy atom. The van der Waals surface area contributed by atoms with Crippen LogP contribution in [0.5, 0.6) is 0 Å². The Morgan fingerprint density at radius 1 is 1.15 bits per heavy atom. The van der Waals surface area contributed by atoms with Crippen LogP contribution >= 0.6 is 0 Å². The second kappa shape index (κ2) is 4.01. The summed E-state index contributed by atoms with van der Waals surface area (Å²) < 4.78 is 5.42. The third-order valence-corrected chi connectivity index (χ3v) is 3.45. The molecule has 1 aliphatic heterocycles. The summed E-state index contributed by atoms with van der Waals surface area (Å²) in [6.07, 6.45) is 7.70. The first-order valence-corrected chi connectivity index (χ1v) is 5.48. The molecule has 0 aromatic heterocycles. The minimum absolute atomic E-state index is 0.00868. The molecule has 0 bridgehead atoms. The first-order valence-electron chi connectivity index (χ1n) is 5.48.